The van der Waals surface area contributed by atoms with Crippen LogP contribution in [-0.2, 0) is 0 Å². The standard InChI is InChI=1S/C18H16F3N3O2/c1-11-7-8-24-10-15(23-16(24)9-11)17(25)22-12(2)13-3-5-14(6-4-13)26-18(19,20)21/h3-10,12H,1-2H3,(H,22,25)/t12-/m0/s1. The van der Waals surface area contributed by atoms with Crippen molar-refractivity contribution in [1.82, 2.24) is 14.7 Å². The van der Waals surface area contributed by atoms with Crippen LogP contribution in [0.4, 0.5) is 13.2 Å². The van der Waals surface area contributed by atoms with Crippen molar-refractivity contribution in [2.75, 3.05) is 0 Å². The van der Waals surface area contributed by atoms with Crippen molar-refractivity contribution >= 4 is 11.6 Å². The maximum atomic E-state index is 12.4. The van der Waals surface area contributed by atoms with Crippen LogP contribution in [0.15, 0.2) is 48.8 Å². The Kier molecular flexibility index (Phi) is 4.58. The summed E-state index contributed by atoms with van der Waals surface area (Å²) in [6, 6.07) is 8.72. The van der Waals surface area contributed by atoms with Crippen molar-refractivity contribution < 1.29 is 22.7 Å². The molecule has 2 aromatic heterocycles. The van der Waals surface area contributed by atoms with Crippen molar-refractivity contribution in [3.8, 4) is 5.75 Å². The topological polar surface area (TPSA) is 55.6 Å². The summed E-state index contributed by atoms with van der Waals surface area (Å²) in [6.07, 6.45) is -1.29. The molecule has 1 amide bonds. The lowest BCUT2D eigenvalue weighted by Gasteiger charge is -2.14. The number of carbonyl (C=O) groups is 1. The normalized spacial score (nSPS) is 12.8. The van der Waals surface area contributed by atoms with E-state index < -0.39 is 12.4 Å². The van der Waals surface area contributed by atoms with E-state index in [4.69, 9.17) is 0 Å². The molecule has 0 aliphatic rings. The first-order chi connectivity index (χ1) is 12.2. The highest BCUT2D eigenvalue weighted by Gasteiger charge is 2.31. The van der Waals surface area contributed by atoms with E-state index in [-0.39, 0.29) is 17.4 Å². The Bertz CT molecular complexity index is 933. The molecule has 5 nitrogen and oxygen atoms in total. The van der Waals surface area contributed by atoms with Crippen molar-refractivity contribution in [3.63, 3.8) is 0 Å². The van der Waals surface area contributed by atoms with Gasteiger partial charge in [0, 0.05) is 12.4 Å². The highest BCUT2D eigenvalue weighted by Crippen LogP contribution is 2.24. The molecular weight excluding hydrogens is 347 g/mol. The Morgan fingerprint density at radius 1 is 1.23 bits per heavy atom. The SMILES string of the molecule is Cc1ccn2cc(C(=O)N[C@@H](C)c3ccc(OC(F)(F)F)cc3)nc2c1. The van der Waals surface area contributed by atoms with Crippen LogP contribution in [0, 0.1) is 6.92 Å². The van der Waals surface area contributed by atoms with Gasteiger partial charge in [-0.15, -0.1) is 13.2 Å². The molecule has 0 spiro atoms. The fourth-order valence-electron chi connectivity index (χ4n) is 2.51. The van der Waals surface area contributed by atoms with Gasteiger partial charge in [0.25, 0.3) is 5.91 Å². The number of imidazole rings is 1. The molecule has 0 aliphatic carbocycles. The number of fused-ring (bicyclic) bond motifs is 1. The van der Waals surface area contributed by atoms with Crippen molar-refractivity contribution in [2.24, 2.45) is 0 Å². The molecule has 136 valence electrons. The van der Waals surface area contributed by atoms with Crippen molar-refractivity contribution in [3.05, 3.63) is 65.6 Å². The summed E-state index contributed by atoms with van der Waals surface area (Å²) in [5.41, 5.74) is 2.60. The third-order valence-electron chi connectivity index (χ3n) is 3.81. The fourth-order valence-corrected chi connectivity index (χ4v) is 2.51. The number of nitrogens with zero attached hydrogens (tertiary/aromatic N) is 2. The summed E-state index contributed by atoms with van der Waals surface area (Å²) in [5.74, 6) is -0.676. The van der Waals surface area contributed by atoms with Gasteiger partial charge in [-0.3, -0.25) is 4.79 Å². The highest BCUT2D eigenvalue weighted by molar-refractivity contribution is 5.93. The van der Waals surface area contributed by atoms with E-state index in [1.54, 1.807) is 17.5 Å². The predicted octanol–water partition coefficient (Wildman–Crippen LogP) is 4.03. The Labute approximate surface area is 147 Å². The molecular formula is C18H16F3N3O2. The van der Waals surface area contributed by atoms with Gasteiger partial charge >= 0.3 is 6.36 Å². The molecule has 0 saturated carbocycles. The number of amides is 1. The van der Waals surface area contributed by atoms with Gasteiger partial charge in [-0.05, 0) is 49.2 Å². The van der Waals surface area contributed by atoms with Gasteiger partial charge < -0.3 is 14.5 Å². The second-order valence-electron chi connectivity index (χ2n) is 5.91. The first-order valence-electron chi connectivity index (χ1n) is 7.83. The predicted molar refractivity (Wildman–Crippen MR) is 88.9 cm³/mol. The number of nitrogens with one attached hydrogen (secondary N) is 1. The number of rotatable bonds is 4. The minimum Gasteiger partial charge on any atom is -0.406 e. The van der Waals surface area contributed by atoms with Crippen molar-refractivity contribution in [1.29, 1.82) is 0 Å². The van der Waals surface area contributed by atoms with E-state index in [1.807, 2.05) is 25.3 Å². The second kappa shape index (κ2) is 6.70. The summed E-state index contributed by atoms with van der Waals surface area (Å²) in [6.45, 7) is 3.67. The van der Waals surface area contributed by atoms with Crippen LogP contribution < -0.4 is 10.1 Å². The zero-order chi connectivity index (χ0) is 18.9. The monoisotopic (exact) mass is 363 g/mol. The number of ether oxygens (including phenoxy) is 1. The quantitative estimate of drug-likeness (QED) is 0.761. The highest BCUT2D eigenvalue weighted by atomic mass is 19.4. The van der Waals surface area contributed by atoms with E-state index in [2.05, 4.69) is 15.0 Å². The lowest BCUT2D eigenvalue weighted by molar-refractivity contribution is -0.274. The van der Waals surface area contributed by atoms with Crippen LogP contribution in [0.2, 0.25) is 0 Å². The van der Waals surface area contributed by atoms with Crippen LogP contribution in [0.1, 0.15) is 34.6 Å². The third kappa shape index (κ3) is 4.14. The summed E-state index contributed by atoms with van der Waals surface area (Å²) >= 11 is 0. The molecule has 0 fully saturated rings. The van der Waals surface area contributed by atoms with Gasteiger partial charge in [0.05, 0.1) is 6.04 Å². The molecule has 1 N–H and O–H groups in total. The largest absolute Gasteiger partial charge is 0.573 e. The Balaban J connectivity index is 1.70. The van der Waals surface area contributed by atoms with E-state index in [0.29, 0.717) is 11.2 Å². The minimum absolute atomic E-state index is 0.263. The number of alkyl halides is 3. The first kappa shape index (κ1) is 17.8. The van der Waals surface area contributed by atoms with Crippen LogP contribution in [0.3, 0.4) is 0 Å². The number of carbonyl (C=O) groups excluding carboxylic acids is 1. The van der Waals surface area contributed by atoms with Gasteiger partial charge in [0.15, 0.2) is 0 Å². The molecule has 0 bridgehead atoms. The smallest absolute Gasteiger partial charge is 0.406 e. The molecule has 1 aromatic carbocycles. The Hall–Kier alpha value is -3.03. The molecule has 0 radical (unpaired) electrons. The van der Waals surface area contributed by atoms with E-state index >= 15 is 0 Å². The first-order valence-corrected chi connectivity index (χ1v) is 7.83. The molecule has 1 atom stereocenters. The van der Waals surface area contributed by atoms with Crippen LogP contribution in [0.25, 0.3) is 5.65 Å². The molecule has 8 heteroatoms. The maximum absolute atomic E-state index is 12.4. The lowest BCUT2D eigenvalue weighted by atomic mass is 10.1. The van der Waals surface area contributed by atoms with Gasteiger partial charge in [-0.1, -0.05) is 12.1 Å². The minimum atomic E-state index is -4.73. The van der Waals surface area contributed by atoms with E-state index in [0.717, 1.165) is 5.56 Å². The number of aromatic nitrogens is 2. The molecule has 2 heterocycles. The van der Waals surface area contributed by atoms with Gasteiger partial charge in [-0.25, -0.2) is 4.98 Å². The Morgan fingerprint density at radius 3 is 2.58 bits per heavy atom. The molecule has 0 saturated heterocycles. The molecule has 26 heavy (non-hydrogen) atoms. The lowest BCUT2D eigenvalue weighted by Crippen LogP contribution is -2.27. The van der Waals surface area contributed by atoms with Crippen LogP contribution in [0.5, 0.6) is 5.75 Å². The number of benzene rings is 1. The summed E-state index contributed by atoms with van der Waals surface area (Å²) in [4.78, 5) is 16.7. The molecule has 0 aliphatic heterocycles. The number of aryl methyl sites for hydroxylation is 1. The molecule has 3 aromatic rings. The van der Waals surface area contributed by atoms with Gasteiger partial charge in [-0.2, -0.15) is 0 Å². The number of pyridine rings is 1. The molecule has 0 unspecified atom stereocenters. The number of hydrogen-bond donors (Lipinski definition) is 1. The van der Waals surface area contributed by atoms with E-state index in [1.165, 1.54) is 24.3 Å². The van der Waals surface area contributed by atoms with Gasteiger partial charge in [0.1, 0.15) is 17.1 Å². The summed E-state index contributed by atoms with van der Waals surface area (Å²) in [7, 11) is 0. The number of hydrogen-bond acceptors (Lipinski definition) is 3. The van der Waals surface area contributed by atoms with Gasteiger partial charge in [0.2, 0.25) is 0 Å². The molecule has 3 rings (SSSR count). The summed E-state index contributed by atoms with van der Waals surface area (Å²) < 4.78 is 42.1. The fraction of sp³-hybridized carbons (Fsp3) is 0.222. The average molecular weight is 363 g/mol. The maximum Gasteiger partial charge on any atom is 0.573 e. The van der Waals surface area contributed by atoms with Crippen LogP contribution in [-0.4, -0.2) is 21.7 Å². The summed E-state index contributed by atoms with van der Waals surface area (Å²) in [5, 5.41) is 2.78. The zero-order valence-corrected chi connectivity index (χ0v) is 14.0. The third-order valence-corrected chi connectivity index (χ3v) is 3.81. The Morgan fingerprint density at radius 2 is 1.92 bits per heavy atom. The average Bonchev–Trinajstić information content (AvgIpc) is 2.97. The van der Waals surface area contributed by atoms with Crippen molar-refractivity contribution in [2.45, 2.75) is 26.3 Å². The van der Waals surface area contributed by atoms with E-state index in [9.17, 15) is 18.0 Å². The second-order valence-corrected chi connectivity index (χ2v) is 5.91. The number of halogens is 3. The van der Waals surface area contributed by atoms with Crippen LogP contribution >= 0.6 is 0 Å². The zero-order valence-electron chi connectivity index (χ0n) is 14.0.